The van der Waals surface area contributed by atoms with Gasteiger partial charge in [-0.2, -0.15) is 0 Å². The van der Waals surface area contributed by atoms with Crippen LogP contribution in [0.25, 0.3) is 0 Å². The van der Waals surface area contributed by atoms with E-state index in [1.165, 1.54) is 6.07 Å². The number of hydrogen-bond acceptors (Lipinski definition) is 3. The first-order chi connectivity index (χ1) is 10.9. The fourth-order valence-corrected chi connectivity index (χ4v) is 2.43. The van der Waals surface area contributed by atoms with Gasteiger partial charge in [0.2, 0.25) is 0 Å². The van der Waals surface area contributed by atoms with Crippen LogP contribution in [0.3, 0.4) is 0 Å². The molecule has 1 aromatic carbocycles. The van der Waals surface area contributed by atoms with Crippen molar-refractivity contribution in [2.45, 2.75) is 19.4 Å². The van der Waals surface area contributed by atoms with Gasteiger partial charge in [0.05, 0.1) is 12.5 Å². The van der Waals surface area contributed by atoms with Crippen LogP contribution in [-0.4, -0.2) is 22.0 Å². The van der Waals surface area contributed by atoms with E-state index in [1.807, 2.05) is 0 Å². The number of halogens is 1. The lowest BCUT2D eigenvalue weighted by molar-refractivity contribution is -0.137. The molecule has 0 aliphatic rings. The first-order valence-electron chi connectivity index (χ1n) is 6.85. The number of carboxylic acid groups (broad SMARTS) is 1. The number of benzene rings is 1. The van der Waals surface area contributed by atoms with E-state index in [4.69, 9.17) is 16.7 Å². The second kappa shape index (κ2) is 7.11. The fraction of sp³-hybridized carbons (Fsp3) is 0.188. The molecule has 0 saturated carbocycles. The van der Waals surface area contributed by atoms with E-state index < -0.39 is 23.5 Å². The van der Waals surface area contributed by atoms with E-state index >= 15 is 0 Å². The summed E-state index contributed by atoms with van der Waals surface area (Å²) in [4.78, 5) is 37.7. The van der Waals surface area contributed by atoms with Crippen molar-refractivity contribution in [3.05, 3.63) is 68.6 Å². The zero-order valence-corrected chi connectivity index (χ0v) is 13.1. The number of aliphatic carboxylic acids is 1. The molecule has 0 aliphatic carbocycles. The average Bonchev–Trinajstić information content (AvgIpc) is 2.46. The van der Waals surface area contributed by atoms with E-state index in [-0.39, 0.29) is 12.0 Å². The lowest BCUT2D eigenvalue weighted by Gasteiger charge is -2.18. The van der Waals surface area contributed by atoms with Crippen molar-refractivity contribution in [3.63, 3.8) is 0 Å². The van der Waals surface area contributed by atoms with Crippen LogP contribution in [0.4, 0.5) is 0 Å². The molecule has 0 aliphatic heterocycles. The number of aryl methyl sites for hydroxylation is 1. The molecule has 1 amide bonds. The van der Waals surface area contributed by atoms with Gasteiger partial charge in [0, 0.05) is 10.7 Å². The maximum Gasteiger partial charge on any atom is 0.305 e. The lowest BCUT2D eigenvalue weighted by Crippen LogP contribution is -2.34. The molecule has 120 valence electrons. The van der Waals surface area contributed by atoms with Crippen LogP contribution < -0.4 is 10.9 Å². The highest BCUT2D eigenvalue weighted by Gasteiger charge is 2.22. The molecule has 2 aromatic rings. The Morgan fingerprint density at radius 1 is 1.26 bits per heavy atom. The normalized spacial score (nSPS) is 11.7. The van der Waals surface area contributed by atoms with Crippen LogP contribution in [0, 0.1) is 6.92 Å². The van der Waals surface area contributed by atoms with Crippen molar-refractivity contribution >= 4 is 23.5 Å². The molecule has 1 heterocycles. The Morgan fingerprint density at radius 2 is 1.96 bits per heavy atom. The number of hydrogen-bond donors (Lipinski definition) is 3. The van der Waals surface area contributed by atoms with Crippen LogP contribution in [0.2, 0.25) is 5.02 Å². The van der Waals surface area contributed by atoms with E-state index in [0.29, 0.717) is 16.3 Å². The van der Waals surface area contributed by atoms with E-state index in [1.54, 1.807) is 37.3 Å². The third kappa shape index (κ3) is 4.20. The van der Waals surface area contributed by atoms with Crippen molar-refractivity contribution in [2.24, 2.45) is 0 Å². The molecule has 0 spiro atoms. The minimum absolute atomic E-state index is 0.0851. The van der Waals surface area contributed by atoms with Gasteiger partial charge in [0.25, 0.3) is 11.5 Å². The van der Waals surface area contributed by atoms with Crippen molar-refractivity contribution in [1.29, 1.82) is 0 Å². The number of aromatic nitrogens is 1. The molecule has 0 bridgehead atoms. The summed E-state index contributed by atoms with van der Waals surface area (Å²) in [7, 11) is 0. The number of aromatic amines is 1. The Labute approximate surface area is 137 Å². The average molecular weight is 335 g/mol. The quantitative estimate of drug-likeness (QED) is 0.781. The van der Waals surface area contributed by atoms with Crippen molar-refractivity contribution < 1.29 is 14.7 Å². The van der Waals surface area contributed by atoms with Crippen LogP contribution in [0.15, 0.2) is 41.2 Å². The maximum atomic E-state index is 12.3. The number of nitrogens with one attached hydrogen (secondary N) is 2. The number of carbonyl (C=O) groups is 2. The third-order valence-corrected chi connectivity index (χ3v) is 3.61. The van der Waals surface area contributed by atoms with Gasteiger partial charge in [-0.3, -0.25) is 14.4 Å². The third-order valence-electron chi connectivity index (χ3n) is 3.26. The van der Waals surface area contributed by atoms with Gasteiger partial charge in [-0.25, -0.2) is 0 Å². The summed E-state index contributed by atoms with van der Waals surface area (Å²) in [5, 5.41) is 12.0. The number of rotatable bonds is 5. The smallest absolute Gasteiger partial charge is 0.305 e. The van der Waals surface area contributed by atoms with Crippen LogP contribution in [0.5, 0.6) is 0 Å². The summed E-state index contributed by atoms with van der Waals surface area (Å²) in [5.41, 5.74) is 0.488. The van der Waals surface area contributed by atoms with Gasteiger partial charge in [-0.1, -0.05) is 29.8 Å². The first-order valence-corrected chi connectivity index (χ1v) is 7.23. The van der Waals surface area contributed by atoms with E-state index in [0.717, 1.165) is 0 Å². The van der Waals surface area contributed by atoms with Gasteiger partial charge in [-0.15, -0.1) is 0 Å². The zero-order chi connectivity index (χ0) is 17.0. The molecule has 0 saturated heterocycles. The van der Waals surface area contributed by atoms with Gasteiger partial charge in [-0.05, 0) is 30.7 Å². The molecule has 0 unspecified atom stereocenters. The Bertz CT molecular complexity index is 801. The Hall–Kier alpha value is -2.60. The van der Waals surface area contributed by atoms with E-state index in [9.17, 15) is 14.4 Å². The fourth-order valence-electron chi connectivity index (χ4n) is 2.16. The molecule has 0 radical (unpaired) electrons. The molecular weight excluding hydrogens is 320 g/mol. The first kappa shape index (κ1) is 16.8. The number of H-pyrrole nitrogens is 1. The van der Waals surface area contributed by atoms with Crippen molar-refractivity contribution in [3.8, 4) is 0 Å². The molecular formula is C16H15ClN2O4. The molecule has 2 rings (SSSR count). The molecule has 6 nitrogen and oxygen atoms in total. The van der Waals surface area contributed by atoms with Gasteiger partial charge >= 0.3 is 5.97 Å². The lowest BCUT2D eigenvalue weighted by atomic mass is 10.0. The van der Waals surface area contributed by atoms with Crippen molar-refractivity contribution in [1.82, 2.24) is 10.3 Å². The molecule has 1 aromatic heterocycles. The second-order valence-corrected chi connectivity index (χ2v) is 5.44. The number of amides is 1. The zero-order valence-electron chi connectivity index (χ0n) is 12.3. The monoisotopic (exact) mass is 334 g/mol. The SMILES string of the molecule is Cc1ccc(C(=O)N[C@H](CC(=O)O)c2ccccc2Cl)c(=O)[nH]1. The summed E-state index contributed by atoms with van der Waals surface area (Å²) in [6, 6.07) is 8.80. The van der Waals surface area contributed by atoms with Crippen LogP contribution in [0.1, 0.15) is 34.1 Å². The molecule has 1 atom stereocenters. The minimum Gasteiger partial charge on any atom is -0.481 e. The number of carbonyl (C=O) groups excluding carboxylic acids is 1. The summed E-state index contributed by atoms with van der Waals surface area (Å²) < 4.78 is 0. The largest absolute Gasteiger partial charge is 0.481 e. The highest BCUT2D eigenvalue weighted by Crippen LogP contribution is 2.25. The summed E-state index contributed by atoms with van der Waals surface area (Å²) in [5.74, 6) is -1.74. The Balaban J connectivity index is 2.31. The molecule has 0 fully saturated rings. The second-order valence-electron chi connectivity index (χ2n) is 5.03. The summed E-state index contributed by atoms with van der Waals surface area (Å²) in [6.45, 7) is 1.69. The Kier molecular flexibility index (Phi) is 5.18. The predicted octanol–water partition coefficient (Wildman–Crippen LogP) is 2.28. The highest BCUT2D eigenvalue weighted by atomic mass is 35.5. The summed E-state index contributed by atoms with van der Waals surface area (Å²) in [6.07, 6.45) is -0.348. The Morgan fingerprint density at radius 3 is 2.57 bits per heavy atom. The van der Waals surface area contributed by atoms with Crippen LogP contribution >= 0.6 is 11.6 Å². The maximum absolute atomic E-state index is 12.3. The standard InChI is InChI=1S/C16H15ClN2O4/c1-9-6-7-11(15(22)18-9)16(23)19-13(8-14(20)21)10-4-2-3-5-12(10)17/h2-7,13H,8H2,1H3,(H,18,22)(H,19,23)(H,20,21)/t13-/m1/s1. The minimum atomic E-state index is -1.09. The molecule has 23 heavy (non-hydrogen) atoms. The molecule has 3 N–H and O–H groups in total. The van der Waals surface area contributed by atoms with Crippen molar-refractivity contribution in [2.75, 3.05) is 0 Å². The topological polar surface area (TPSA) is 99.3 Å². The van der Waals surface area contributed by atoms with Gasteiger partial charge in [0.1, 0.15) is 5.56 Å². The highest BCUT2D eigenvalue weighted by molar-refractivity contribution is 6.31. The molecule has 7 heteroatoms. The van der Waals surface area contributed by atoms with E-state index in [2.05, 4.69) is 10.3 Å². The number of carboxylic acids is 1. The van der Waals surface area contributed by atoms with Gasteiger partial charge in [0.15, 0.2) is 0 Å². The predicted molar refractivity (Wildman–Crippen MR) is 85.7 cm³/mol. The van der Waals surface area contributed by atoms with Gasteiger partial charge < -0.3 is 15.4 Å². The summed E-state index contributed by atoms with van der Waals surface area (Å²) >= 11 is 6.07. The number of pyridine rings is 1. The van der Waals surface area contributed by atoms with Crippen LogP contribution in [-0.2, 0) is 4.79 Å².